The minimum absolute atomic E-state index is 0.249. The summed E-state index contributed by atoms with van der Waals surface area (Å²) in [6, 6.07) is 0.381. The average Bonchev–Trinajstić information content (AvgIpc) is 2.62. The molecule has 0 radical (unpaired) electrons. The first-order valence-corrected chi connectivity index (χ1v) is 10.1. The van der Waals surface area contributed by atoms with Crippen LogP contribution in [0.4, 0.5) is 0 Å². The van der Waals surface area contributed by atoms with Crippen LogP contribution < -0.4 is 10.6 Å². The van der Waals surface area contributed by atoms with E-state index in [1.165, 1.54) is 6.42 Å². The second-order valence-electron chi connectivity index (χ2n) is 7.02. The van der Waals surface area contributed by atoms with Crippen molar-refractivity contribution in [3.8, 4) is 0 Å². The third kappa shape index (κ3) is 9.38. The number of hydrogen-bond donors (Lipinski definition) is 2. The molecule has 0 aliphatic carbocycles. The van der Waals surface area contributed by atoms with Gasteiger partial charge in [0, 0.05) is 58.9 Å². The number of ether oxygens (including phenoxy) is 1. The molecule has 2 N–H and O–H groups in total. The number of methoxy groups -OCH3 is 1. The fraction of sp³-hybridized carbons (Fsp3) is 0.895. The Morgan fingerprint density at radius 3 is 2.81 bits per heavy atom. The van der Waals surface area contributed by atoms with Crippen LogP contribution in [0.3, 0.4) is 0 Å². The van der Waals surface area contributed by atoms with E-state index in [-0.39, 0.29) is 5.91 Å². The Morgan fingerprint density at radius 1 is 1.31 bits per heavy atom. The standard InChI is InChI=1S/C19H39N5O2/c1-5-20-19(22-12-15-23(3)13-8-16-26-4)21-11-10-18(25)24-14-7-6-9-17(24)2/h17H,5-16H2,1-4H3,(H2,20,21,22). The van der Waals surface area contributed by atoms with Gasteiger partial charge in [0.15, 0.2) is 5.96 Å². The van der Waals surface area contributed by atoms with E-state index in [0.29, 0.717) is 19.0 Å². The van der Waals surface area contributed by atoms with E-state index >= 15 is 0 Å². The number of nitrogens with zero attached hydrogens (tertiary/aromatic N) is 3. The topological polar surface area (TPSA) is 69.2 Å². The predicted molar refractivity (Wildman–Crippen MR) is 108 cm³/mol. The van der Waals surface area contributed by atoms with Crippen LogP contribution in [0.2, 0.25) is 0 Å². The van der Waals surface area contributed by atoms with Crippen molar-refractivity contribution >= 4 is 11.9 Å². The Hall–Kier alpha value is -1.34. The van der Waals surface area contributed by atoms with Crippen molar-refractivity contribution in [2.45, 2.75) is 52.0 Å². The second kappa shape index (κ2) is 13.8. The molecule has 1 fully saturated rings. The van der Waals surface area contributed by atoms with Crippen LogP contribution in [-0.4, -0.2) is 87.7 Å². The highest BCUT2D eigenvalue weighted by Gasteiger charge is 2.22. The van der Waals surface area contributed by atoms with Gasteiger partial charge in [0.2, 0.25) is 5.91 Å². The molecule has 0 saturated carbocycles. The maximum atomic E-state index is 12.4. The maximum absolute atomic E-state index is 12.4. The van der Waals surface area contributed by atoms with Crippen molar-refractivity contribution < 1.29 is 9.53 Å². The van der Waals surface area contributed by atoms with Crippen molar-refractivity contribution in [1.29, 1.82) is 0 Å². The number of hydrogen-bond acceptors (Lipinski definition) is 4. The molecule has 1 atom stereocenters. The molecule has 1 heterocycles. The molecule has 1 amide bonds. The van der Waals surface area contributed by atoms with Gasteiger partial charge >= 0.3 is 0 Å². The van der Waals surface area contributed by atoms with E-state index < -0.39 is 0 Å². The number of aliphatic imine (C=N–C) groups is 1. The average molecular weight is 370 g/mol. The lowest BCUT2D eigenvalue weighted by Gasteiger charge is -2.33. The number of rotatable bonds is 11. The van der Waals surface area contributed by atoms with Crippen molar-refractivity contribution in [1.82, 2.24) is 20.4 Å². The number of carbonyl (C=O) groups excluding carboxylic acids is 1. The zero-order chi connectivity index (χ0) is 19.2. The third-order valence-corrected chi connectivity index (χ3v) is 4.74. The van der Waals surface area contributed by atoms with Gasteiger partial charge in [-0.3, -0.25) is 9.79 Å². The summed E-state index contributed by atoms with van der Waals surface area (Å²) in [4.78, 5) is 21.3. The van der Waals surface area contributed by atoms with Gasteiger partial charge < -0.3 is 25.2 Å². The van der Waals surface area contributed by atoms with E-state index in [9.17, 15) is 4.79 Å². The molecule has 0 aromatic carbocycles. The summed E-state index contributed by atoms with van der Waals surface area (Å²) in [5, 5.41) is 6.53. The van der Waals surface area contributed by atoms with E-state index in [1.54, 1.807) is 7.11 Å². The number of nitrogens with one attached hydrogen (secondary N) is 2. The highest BCUT2D eigenvalue weighted by Crippen LogP contribution is 2.16. The number of likely N-dealkylation sites (N-methyl/N-ethyl adjacent to an activating group) is 1. The zero-order valence-electron chi connectivity index (χ0n) is 17.2. The van der Waals surface area contributed by atoms with E-state index in [0.717, 1.165) is 64.6 Å². The number of carbonyl (C=O) groups is 1. The molecule has 0 aromatic heterocycles. The summed E-state index contributed by atoms with van der Waals surface area (Å²) in [5.74, 6) is 1.04. The van der Waals surface area contributed by atoms with E-state index in [1.807, 2.05) is 4.90 Å². The fourth-order valence-electron chi connectivity index (χ4n) is 3.16. The summed E-state index contributed by atoms with van der Waals surface area (Å²) < 4.78 is 5.08. The first kappa shape index (κ1) is 22.7. The van der Waals surface area contributed by atoms with Gasteiger partial charge in [-0.1, -0.05) is 0 Å². The van der Waals surface area contributed by atoms with E-state index in [4.69, 9.17) is 4.74 Å². The quantitative estimate of drug-likeness (QED) is 0.326. The van der Waals surface area contributed by atoms with Gasteiger partial charge in [-0.15, -0.1) is 0 Å². The lowest BCUT2D eigenvalue weighted by molar-refractivity contribution is -0.134. The molecule has 1 rings (SSSR count). The lowest BCUT2D eigenvalue weighted by atomic mass is 10.0. The molecule has 1 aliphatic heterocycles. The van der Waals surface area contributed by atoms with Gasteiger partial charge in [-0.2, -0.15) is 0 Å². The molecule has 7 nitrogen and oxygen atoms in total. The Bertz CT molecular complexity index is 417. The van der Waals surface area contributed by atoms with Crippen LogP contribution in [-0.2, 0) is 9.53 Å². The fourth-order valence-corrected chi connectivity index (χ4v) is 3.16. The summed E-state index contributed by atoms with van der Waals surface area (Å²) in [5.41, 5.74) is 0. The van der Waals surface area contributed by atoms with Crippen molar-refractivity contribution in [3.05, 3.63) is 0 Å². The minimum Gasteiger partial charge on any atom is -0.385 e. The number of likely N-dealkylation sites (tertiary alicyclic amines) is 1. The van der Waals surface area contributed by atoms with Crippen LogP contribution in [0.25, 0.3) is 0 Å². The van der Waals surface area contributed by atoms with Crippen LogP contribution in [0, 0.1) is 0 Å². The molecule has 0 spiro atoms. The molecule has 1 saturated heterocycles. The first-order chi connectivity index (χ1) is 12.6. The third-order valence-electron chi connectivity index (χ3n) is 4.74. The van der Waals surface area contributed by atoms with Gasteiger partial charge in [0.25, 0.3) is 0 Å². The van der Waals surface area contributed by atoms with Crippen molar-refractivity contribution in [2.24, 2.45) is 4.99 Å². The normalized spacial score (nSPS) is 18.3. The molecule has 0 bridgehead atoms. The summed E-state index contributed by atoms with van der Waals surface area (Å²) in [6.07, 6.45) is 5.05. The maximum Gasteiger partial charge on any atom is 0.224 e. The highest BCUT2D eigenvalue weighted by atomic mass is 16.5. The van der Waals surface area contributed by atoms with Gasteiger partial charge in [-0.05, 0) is 46.6 Å². The number of piperidine rings is 1. The van der Waals surface area contributed by atoms with Crippen molar-refractivity contribution in [2.75, 3.05) is 60.0 Å². The smallest absolute Gasteiger partial charge is 0.224 e. The largest absolute Gasteiger partial charge is 0.385 e. The molecule has 26 heavy (non-hydrogen) atoms. The predicted octanol–water partition coefficient (Wildman–Crippen LogP) is 1.30. The Morgan fingerprint density at radius 2 is 2.12 bits per heavy atom. The molecule has 1 unspecified atom stereocenters. The lowest BCUT2D eigenvalue weighted by Crippen LogP contribution is -2.44. The second-order valence-corrected chi connectivity index (χ2v) is 7.02. The molecule has 0 aromatic rings. The Labute approximate surface area is 159 Å². The van der Waals surface area contributed by atoms with Gasteiger partial charge in [0.05, 0.1) is 6.54 Å². The Balaban J connectivity index is 2.29. The SMILES string of the molecule is CCNC(=NCCN(C)CCCOC)NCCC(=O)N1CCCCC1C. The van der Waals surface area contributed by atoms with Crippen LogP contribution in [0.15, 0.2) is 4.99 Å². The van der Waals surface area contributed by atoms with Gasteiger partial charge in [0.1, 0.15) is 0 Å². The highest BCUT2D eigenvalue weighted by molar-refractivity contribution is 5.81. The molecule has 152 valence electrons. The van der Waals surface area contributed by atoms with Crippen LogP contribution >= 0.6 is 0 Å². The Kier molecular flexibility index (Phi) is 12.1. The molecule has 1 aliphatic rings. The van der Waals surface area contributed by atoms with E-state index in [2.05, 4.69) is 41.4 Å². The molecular weight excluding hydrogens is 330 g/mol. The summed E-state index contributed by atoms with van der Waals surface area (Å²) in [7, 11) is 3.83. The molecular formula is C19H39N5O2. The van der Waals surface area contributed by atoms with Gasteiger partial charge in [-0.25, -0.2) is 0 Å². The summed E-state index contributed by atoms with van der Waals surface area (Å²) >= 11 is 0. The number of guanidine groups is 1. The summed E-state index contributed by atoms with van der Waals surface area (Å²) in [6.45, 7) is 9.99. The zero-order valence-corrected chi connectivity index (χ0v) is 17.2. The number of amides is 1. The van der Waals surface area contributed by atoms with Crippen LogP contribution in [0.5, 0.6) is 0 Å². The monoisotopic (exact) mass is 369 g/mol. The first-order valence-electron chi connectivity index (χ1n) is 10.1. The van der Waals surface area contributed by atoms with Crippen molar-refractivity contribution in [3.63, 3.8) is 0 Å². The minimum atomic E-state index is 0.249. The molecule has 7 heteroatoms. The van der Waals surface area contributed by atoms with Crippen LogP contribution in [0.1, 0.15) is 46.0 Å².